The quantitative estimate of drug-likeness (QED) is 0.796. The molecule has 4 nitrogen and oxygen atoms in total. The first-order valence-corrected chi connectivity index (χ1v) is 8.09. The van der Waals surface area contributed by atoms with Crippen LogP contribution in [0.15, 0.2) is 0 Å². The maximum absolute atomic E-state index is 12.7. The molecule has 0 aromatic rings. The van der Waals surface area contributed by atoms with E-state index in [4.69, 9.17) is 0 Å². The topological polar surface area (TPSA) is 40.6 Å². The molecule has 0 aromatic carbocycles. The first kappa shape index (κ1) is 15.3. The van der Waals surface area contributed by atoms with Crippen molar-refractivity contribution < 1.29 is 9.59 Å². The third-order valence-electron chi connectivity index (χ3n) is 4.61. The molecule has 20 heavy (non-hydrogen) atoms. The molecule has 2 rings (SSSR count). The molecule has 2 aliphatic rings. The normalized spacial score (nSPS) is 28.1. The molecular formula is C16H28N2O2. The number of hydrogen-bond donors (Lipinski definition) is 0. The van der Waals surface area contributed by atoms with Gasteiger partial charge >= 0.3 is 0 Å². The number of piperidine rings is 2. The van der Waals surface area contributed by atoms with Gasteiger partial charge in [-0.2, -0.15) is 0 Å². The third-order valence-corrected chi connectivity index (χ3v) is 4.61. The Labute approximate surface area is 122 Å². The number of likely N-dealkylation sites (tertiary alicyclic amines) is 2. The molecule has 114 valence electrons. The summed E-state index contributed by atoms with van der Waals surface area (Å²) in [6.45, 7) is 8.86. The monoisotopic (exact) mass is 280 g/mol. The number of nitrogens with zero attached hydrogens (tertiary/aromatic N) is 2. The van der Waals surface area contributed by atoms with Crippen molar-refractivity contribution in [3.05, 3.63) is 0 Å². The summed E-state index contributed by atoms with van der Waals surface area (Å²) in [5, 5.41) is 0. The van der Waals surface area contributed by atoms with E-state index in [0.29, 0.717) is 12.3 Å². The van der Waals surface area contributed by atoms with Crippen molar-refractivity contribution in [3.63, 3.8) is 0 Å². The van der Waals surface area contributed by atoms with Gasteiger partial charge in [-0.15, -0.1) is 0 Å². The Hall–Kier alpha value is -1.06. The van der Waals surface area contributed by atoms with Gasteiger partial charge in [0.2, 0.25) is 11.8 Å². The van der Waals surface area contributed by atoms with Gasteiger partial charge in [0.15, 0.2) is 0 Å². The minimum Gasteiger partial charge on any atom is -0.342 e. The highest BCUT2D eigenvalue weighted by molar-refractivity contribution is 5.84. The van der Waals surface area contributed by atoms with Crippen LogP contribution in [0, 0.1) is 11.8 Å². The van der Waals surface area contributed by atoms with Crippen molar-refractivity contribution in [1.29, 1.82) is 0 Å². The van der Waals surface area contributed by atoms with Crippen LogP contribution in [-0.4, -0.2) is 47.3 Å². The summed E-state index contributed by atoms with van der Waals surface area (Å²) in [5.74, 6) is 0.946. The summed E-state index contributed by atoms with van der Waals surface area (Å²) < 4.78 is 0. The van der Waals surface area contributed by atoms with Crippen LogP contribution in [0.25, 0.3) is 0 Å². The Morgan fingerprint density at radius 2 is 1.90 bits per heavy atom. The molecule has 0 aliphatic carbocycles. The van der Waals surface area contributed by atoms with E-state index >= 15 is 0 Å². The number of carbonyl (C=O) groups is 2. The van der Waals surface area contributed by atoms with E-state index in [1.165, 1.54) is 6.42 Å². The van der Waals surface area contributed by atoms with Crippen LogP contribution in [0.1, 0.15) is 52.9 Å². The lowest BCUT2D eigenvalue weighted by Crippen LogP contribution is -2.54. The van der Waals surface area contributed by atoms with Gasteiger partial charge in [-0.3, -0.25) is 9.59 Å². The second-order valence-corrected chi connectivity index (χ2v) is 6.71. The molecule has 0 radical (unpaired) electrons. The van der Waals surface area contributed by atoms with E-state index in [9.17, 15) is 9.59 Å². The largest absolute Gasteiger partial charge is 0.342 e. The SMILES string of the molecule is CC(C)CN1C(=O)CCC(C(=O)N2CCCCC2)C1C. The fraction of sp³-hybridized carbons (Fsp3) is 0.875. The fourth-order valence-corrected chi connectivity index (χ4v) is 3.45. The summed E-state index contributed by atoms with van der Waals surface area (Å²) in [6, 6.07) is 0.0491. The Morgan fingerprint density at radius 1 is 1.25 bits per heavy atom. The molecule has 0 spiro atoms. The smallest absolute Gasteiger partial charge is 0.227 e. The van der Waals surface area contributed by atoms with Crippen LogP contribution >= 0.6 is 0 Å². The van der Waals surface area contributed by atoms with E-state index in [1.807, 2.05) is 16.7 Å². The zero-order valence-corrected chi connectivity index (χ0v) is 13.1. The van der Waals surface area contributed by atoms with Crippen molar-refractivity contribution in [1.82, 2.24) is 9.80 Å². The van der Waals surface area contributed by atoms with Gasteiger partial charge < -0.3 is 9.80 Å². The molecular weight excluding hydrogens is 252 g/mol. The Morgan fingerprint density at radius 3 is 2.50 bits per heavy atom. The van der Waals surface area contributed by atoms with Crippen LogP contribution in [0.3, 0.4) is 0 Å². The zero-order chi connectivity index (χ0) is 14.7. The van der Waals surface area contributed by atoms with E-state index in [1.54, 1.807) is 0 Å². The maximum atomic E-state index is 12.7. The first-order chi connectivity index (χ1) is 9.50. The van der Waals surface area contributed by atoms with Gasteiger partial charge in [0.05, 0.1) is 5.92 Å². The lowest BCUT2D eigenvalue weighted by atomic mass is 9.87. The molecule has 2 unspecified atom stereocenters. The van der Waals surface area contributed by atoms with Gasteiger partial charge in [-0.05, 0) is 38.5 Å². The number of hydrogen-bond acceptors (Lipinski definition) is 2. The van der Waals surface area contributed by atoms with Crippen LogP contribution in [0.4, 0.5) is 0 Å². The van der Waals surface area contributed by atoms with Gasteiger partial charge in [0.25, 0.3) is 0 Å². The summed E-state index contributed by atoms with van der Waals surface area (Å²) in [5.41, 5.74) is 0. The highest BCUT2D eigenvalue weighted by Gasteiger charge is 2.38. The molecule has 2 heterocycles. The average molecular weight is 280 g/mol. The minimum atomic E-state index is 0.00421. The van der Waals surface area contributed by atoms with Crippen molar-refractivity contribution >= 4 is 11.8 Å². The average Bonchev–Trinajstić information content (AvgIpc) is 2.43. The molecule has 0 bridgehead atoms. The lowest BCUT2D eigenvalue weighted by molar-refractivity contribution is -0.148. The summed E-state index contributed by atoms with van der Waals surface area (Å²) in [7, 11) is 0. The molecule has 2 amide bonds. The predicted octanol–water partition coefficient (Wildman–Crippen LogP) is 2.28. The number of amides is 2. The first-order valence-electron chi connectivity index (χ1n) is 8.09. The van der Waals surface area contributed by atoms with E-state index < -0.39 is 0 Å². The summed E-state index contributed by atoms with van der Waals surface area (Å²) in [4.78, 5) is 28.7. The molecule has 4 heteroatoms. The summed E-state index contributed by atoms with van der Waals surface area (Å²) in [6.07, 6.45) is 4.75. The second kappa shape index (κ2) is 6.59. The molecule has 2 fully saturated rings. The molecule has 0 saturated carbocycles. The van der Waals surface area contributed by atoms with E-state index in [-0.39, 0.29) is 23.8 Å². The van der Waals surface area contributed by atoms with Crippen LogP contribution < -0.4 is 0 Å². The van der Waals surface area contributed by atoms with Gasteiger partial charge in [-0.25, -0.2) is 0 Å². The van der Waals surface area contributed by atoms with Gasteiger partial charge in [0, 0.05) is 32.1 Å². The third kappa shape index (κ3) is 3.33. The fourth-order valence-electron chi connectivity index (χ4n) is 3.45. The highest BCUT2D eigenvalue weighted by atomic mass is 16.2. The molecule has 0 aromatic heterocycles. The van der Waals surface area contributed by atoms with Crippen LogP contribution in [-0.2, 0) is 9.59 Å². The number of carbonyl (C=O) groups excluding carboxylic acids is 2. The molecule has 2 saturated heterocycles. The van der Waals surface area contributed by atoms with Crippen molar-refractivity contribution in [2.75, 3.05) is 19.6 Å². The number of rotatable bonds is 3. The maximum Gasteiger partial charge on any atom is 0.227 e. The Bertz CT molecular complexity index is 361. The van der Waals surface area contributed by atoms with Crippen molar-refractivity contribution in [2.24, 2.45) is 11.8 Å². The van der Waals surface area contributed by atoms with Crippen LogP contribution in [0.2, 0.25) is 0 Å². The summed E-state index contributed by atoms with van der Waals surface area (Å²) >= 11 is 0. The lowest BCUT2D eigenvalue weighted by Gasteiger charge is -2.41. The van der Waals surface area contributed by atoms with Crippen LogP contribution in [0.5, 0.6) is 0 Å². The van der Waals surface area contributed by atoms with Crippen molar-refractivity contribution in [3.8, 4) is 0 Å². The zero-order valence-electron chi connectivity index (χ0n) is 13.1. The molecule has 2 atom stereocenters. The van der Waals surface area contributed by atoms with E-state index in [0.717, 1.165) is 38.9 Å². The molecule has 2 aliphatic heterocycles. The van der Waals surface area contributed by atoms with E-state index in [2.05, 4.69) is 13.8 Å². The standard InChI is InChI=1S/C16H28N2O2/c1-12(2)11-18-13(3)14(7-8-15(18)19)16(20)17-9-5-4-6-10-17/h12-14H,4-11H2,1-3H3. The predicted molar refractivity (Wildman–Crippen MR) is 79.2 cm³/mol. The highest BCUT2D eigenvalue weighted by Crippen LogP contribution is 2.28. The van der Waals surface area contributed by atoms with Gasteiger partial charge in [-0.1, -0.05) is 13.8 Å². The van der Waals surface area contributed by atoms with Gasteiger partial charge in [0.1, 0.15) is 0 Å². The Kier molecular flexibility index (Phi) is 5.06. The molecule has 0 N–H and O–H groups in total. The second-order valence-electron chi connectivity index (χ2n) is 6.71. The Balaban J connectivity index is 2.03. The van der Waals surface area contributed by atoms with Crippen molar-refractivity contribution in [2.45, 2.75) is 58.9 Å². The minimum absolute atomic E-state index is 0.00421.